The van der Waals surface area contributed by atoms with Gasteiger partial charge in [-0.25, -0.2) is 0 Å². The van der Waals surface area contributed by atoms with Crippen molar-refractivity contribution in [3.05, 3.63) is 24.3 Å². The molecule has 0 spiro atoms. The summed E-state index contributed by atoms with van der Waals surface area (Å²) in [7, 11) is 1.58. The van der Waals surface area contributed by atoms with Crippen molar-refractivity contribution in [3.63, 3.8) is 0 Å². The molecule has 0 unspecified atom stereocenters. The Bertz CT molecular complexity index is 757. The first-order valence-corrected chi connectivity index (χ1v) is 19.9. The van der Waals surface area contributed by atoms with Crippen molar-refractivity contribution >= 4 is 17.9 Å². The van der Waals surface area contributed by atoms with Gasteiger partial charge < -0.3 is 23.7 Å². The molecule has 0 bridgehead atoms. The number of carbonyl (C=O) groups excluding carboxylic acids is 3. The van der Waals surface area contributed by atoms with Crippen LogP contribution in [0.25, 0.3) is 0 Å². The monoisotopic (exact) mass is 695 g/mol. The van der Waals surface area contributed by atoms with Crippen LogP contribution in [0, 0.1) is 0 Å². The summed E-state index contributed by atoms with van der Waals surface area (Å²) in [6.45, 7) is 5.87. The van der Waals surface area contributed by atoms with Crippen LogP contribution in [0.4, 0.5) is 0 Å². The summed E-state index contributed by atoms with van der Waals surface area (Å²) >= 11 is 0. The summed E-state index contributed by atoms with van der Waals surface area (Å²) in [5.41, 5.74) is 0. The maximum atomic E-state index is 12.5. The average Bonchev–Trinajstić information content (AvgIpc) is 3.09. The van der Waals surface area contributed by atoms with Crippen molar-refractivity contribution < 1.29 is 38.1 Å². The Hall–Kier alpha value is -2.19. The highest BCUT2D eigenvalue weighted by atomic mass is 16.7. The standard InChI is InChI=1S/C41H74O8/c1-4-6-8-10-12-20-26-35-47-39(42)31-24-18-14-16-22-29-38(49-41(44)33-28-34-46-37-45-3)30-23-17-15-19-25-32-40(43)48-36-27-21-13-11-9-7-5-2/h20-21,26-27,38H,4-19,22-25,28-37H2,1-3H3/b26-20+,27-21+. The maximum absolute atomic E-state index is 12.5. The zero-order chi connectivity index (χ0) is 35.9. The van der Waals surface area contributed by atoms with E-state index in [2.05, 4.69) is 26.0 Å². The molecular formula is C41H74O8. The van der Waals surface area contributed by atoms with Crippen LogP contribution in [0.15, 0.2) is 24.3 Å². The van der Waals surface area contributed by atoms with Crippen LogP contribution >= 0.6 is 0 Å². The van der Waals surface area contributed by atoms with E-state index >= 15 is 0 Å². The van der Waals surface area contributed by atoms with Crippen molar-refractivity contribution in [1.82, 2.24) is 0 Å². The lowest BCUT2D eigenvalue weighted by Crippen LogP contribution is -2.19. The Morgan fingerprint density at radius 2 is 0.959 bits per heavy atom. The molecule has 8 nitrogen and oxygen atoms in total. The molecule has 286 valence electrons. The third-order valence-corrected chi connectivity index (χ3v) is 8.45. The second kappa shape index (κ2) is 38.6. The Morgan fingerprint density at radius 3 is 1.45 bits per heavy atom. The topological polar surface area (TPSA) is 97.4 Å². The summed E-state index contributed by atoms with van der Waals surface area (Å²) in [6.07, 6.45) is 33.7. The van der Waals surface area contributed by atoms with Crippen LogP contribution in [0.5, 0.6) is 0 Å². The van der Waals surface area contributed by atoms with E-state index in [-0.39, 0.29) is 30.8 Å². The van der Waals surface area contributed by atoms with Gasteiger partial charge in [-0.05, 0) is 70.6 Å². The van der Waals surface area contributed by atoms with Crippen molar-refractivity contribution in [1.29, 1.82) is 0 Å². The molecule has 0 N–H and O–H groups in total. The highest BCUT2D eigenvalue weighted by Gasteiger charge is 2.14. The molecule has 0 aromatic rings. The van der Waals surface area contributed by atoms with Gasteiger partial charge in [-0.3, -0.25) is 14.4 Å². The van der Waals surface area contributed by atoms with E-state index in [0.717, 1.165) is 89.9 Å². The summed E-state index contributed by atoms with van der Waals surface area (Å²) < 4.78 is 26.7. The SMILES string of the molecule is CCCCCC/C=C/COC(=O)CCCCCCCC(CCCCCCCC(=O)OC/C=C/CCCCCC)OC(=O)CCCOCOC. The second-order valence-corrected chi connectivity index (χ2v) is 13.2. The fraction of sp³-hybridized carbons (Fsp3) is 0.829. The first kappa shape index (κ1) is 46.8. The molecule has 0 radical (unpaired) electrons. The van der Waals surface area contributed by atoms with Gasteiger partial charge in [0.2, 0.25) is 0 Å². The zero-order valence-electron chi connectivity index (χ0n) is 31.9. The summed E-state index contributed by atoms with van der Waals surface area (Å²) in [5.74, 6) is -0.404. The summed E-state index contributed by atoms with van der Waals surface area (Å²) in [5, 5.41) is 0. The Balaban J connectivity index is 4.14. The van der Waals surface area contributed by atoms with Gasteiger partial charge in [-0.1, -0.05) is 115 Å². The lowest BCUT2D eigenvalue weighted by molar-refractivity contribution is -0.150. The molecule has 0 saturated heterocycles. The Morgan fingerprint density at radius 1 is 0.510 bits per heavy atom. The number of carbonyl (C=O) groups is 3. The van der Waals surface area contributed by atoms with E-state index in [0.29, 0.717) is 45.5 Å². The molecule has 0 atom stereocenters. The molecule has 0 aliphatic carbocycles. The molecule has 0 amide bonds. The largest absolute Gasteiger partial charge is 0.462 e. The van der Waals surface area contributed by atoms with E-state index in [4.69, 9.17) is 23.7 Å². The Kier molecular flexibility index (Phi) is 36.9. The second-order valence-electron chi connectivity index (χ2n) is 13.2. The fourth-order valence-electron chi connectivity index (χ4n) is 5.49. The third kappa shape index (κ3) is 36.9. The van der Waals surface area contributed by atoms with Gasteiger partial charge in [0, 0.05) is 33.0 Å². The normalized spacial score (nSPS) is 11.6. The third-order valence-electron chi connectivity index (χ3n) is 8.45. The minimum atomic E-state index is -0.166. The van der Waals surface area contributed by atoms with Gasteiger partial charge >= 0.3 is 17.9 Å². The minimum absolute atomic E-state index is 0.0725. The fourth-order valence-corrected chi connectivity index (χ4v) is 5.49. The molecule has 0 aromatic carbocycles. The number of methoxy groups -OCH3 is 1. The first-order chi connectivity index (χ1) is 24.0. The van der Waals surface area contributed by atoms with E-state index in [1.54, 1.807) is 7.11 Å². The molecular weight excluding hydrogens is 620 g/mol. The average molecular weight is 695 g/mol. The Labute approximate surface area is 300 Å². The number of rotatable bonds is 37. The predicted molar refractivity (Wildman–Crippen MR) is 199 cm³/mol. The number of hydrogen-bond donors (Lipinski definition) is 0. The van der Waals surface area contributed by atoms with Crippen molar-refractivity contribution in [2.45, 2.75) is 187 Å². The summed E-state index contributed by atoms with van der Waals surface area (Å²) in [4.78, 5) is 36.5. The van der Waals surface area contributed by atoms with Gasteiger partial charge in [0.15, 0.2) is 0 Å². The molecule has 0 rings (SSSR count). The first-order valence-electron chi connectivity index (χ1n) is 19.9. The van der Waals surface area contributed by atoms with Gasteiger partial charge in [-0.15, -0.1) is 0 Å². The predicted octanol–water partition coefficient (Wildman–Crippen LogP) is 10.9. The van der Waals surface area contributed by atoms with Crippen LogP contribution in [-0.2, 0) is 38.1 Å². The maximum Gasteiger partial charge on any atom is 0.306 e. The van der Waals surface area contributed by atoms with E-state index in [9.17, 15) is 14.4 Å². The smallest absolute Gasteiger partial charge is 0.306 e. The van der Waals surface area contributed by atoms with E-state index in [1.807, 2.05) is 12.2 Å². The number of esters is 3. The quantitative estimate of drug-likeness (QED) is 0.0208. The highest BCUT2D eigenvalue weighted by Crippen LogP contribution is 2.18. The lowest BCUT2D eigenvalue weighted by Gasteiger charge is -2.18. The molecule has 0 saturated carbocycles. The van der Waals surface area contributed by atoms with Crippen LogP contribution in [0.3, 0.4) is 0 Å². The van der Waals surface area contributed by atoms with Crippen molar-refractivity contribution in [3.8, 4) is 0 Å². The van der Waals surface area contributed by atoms with E-state index < -0.39 is 0 Å². The van der Waals surface area contributed by atoms with Crippen LogP contribution in [0.1, 0.15) is 181 Å². The number of allylic oxidation sites excluding steroid dienone is 2. The molecule has 0 aromatic heterocycles. The van der Waals surface area contributed by atoms with Crippen molar-refractivity contribution in [2.75, 3.05) is 33.7 Å². The number of ether oxygens (including phenoxy) is 5. The van der Waals surface area contributed by atoms with Gasteiger partial charge in [0.25, 0.3) is 0 Å². The lowest BCUT2D eigenvalue weighted by atomic mass is 10.0. The number of unbranched alkanes of at least 4 members (excludes halogenated alkanes) is 16. The molecule has 0 aliphatic heterocycles. The molecule has 49 heavy (non-hydrogen) atoms. The van der Waals surface area contributed by atoms with Crippen LogP contribution < -0.4 is 0 Å². The molecule has 0 aliphatic rings. The van der Waals surface area contributed by atoms with Gasteiger partial charge in [-0.2, -0.15) is 0 Å². The van der Waals surface area contributed by atoms with Crippen LogP contribution in [0.2, 0.25) is 0 Å². The minimum Gasteiger partial charge on any atom is -0.462 e. The molecule has 0 fully saturated rings. The molecule has 8 heteroatoms. The zero-order valence-corrected chi connectivity index (χ0v) is 31.9. The highest BCUT2D eigenvalue weighted by molar-refractivity contribution is 5.70. The van der Waals surface area contributed by atoms with Crippen molar-refractivity contribution in [2.24, 2.45) is 0 Å². The van der Waals surface area contributed by atoms with Gasteiger partial charge in [0.05, 0.1) is 0 Å². The van der Waals surface area contributed by atoms with Crippen LogP contribution in [-0.4, -0.2) is 57.7 Å². The van der Waals surface area contributed by atoms with Gasteiger partial charge in [0.1, 0.15) is 26.1 Å². The molecule has 0 heterocycles. The van der Waals surface area contributed by atoms with E-state index in [1.165, 1.54) is 51.4 Å². The summed E-state index contributed by atoms with van der Waals surface area (Å²) in [6, 6.07) is 0. The number of hydrogen-bond acceptors (Lipinski definition) is 8.